The molecule has 4 nitrogen and oxygen atoms in total. The zero-order valence-electron chi connectivity index (χ0n) is 13.4. The molecule has 0 saturated carbocycles. The average molecular weight is 338 g/mol. The van der Waals surface area contributed by atoms with E-state index in [1.165, 1.54) is 6.07 Å². The molecule has 124 valence electrons. The highest BCUT2D eigenvalue weighted by molar-refractivity contribution is 6.31. The first-order valence-electron chi connectivity index (χ1n) is 8.03. The fourth-order valence-electron chi connectivity index (χ4n) is 2.89. The Labute approximate surface area is 140 Å². The summed E-state index contributed by atoms with van der Waals surface area (Å²) in [6.07, 6.45) is 1.87. The number of piperidine rings is 1. The molecule has 0 aliphatic carbocycles. The molecule has 0 amide bonds. The molecule has 1 aromatic carbocycles. The Morgan fingerprint density at radius 1 is 1.30 bits per heavy atom. The SMILES string of the molecule is CC(C)c1nnc(C2CCN(Cc3c(F)cccc3Cl)CC2)o1. The van der Waals surface area contributed by atoms with Crippen LogP contribution < -0.4 is 0 Å². The van der Waals surface area contributed by atoms with E-state index in [0.29, 0.717) is 28.9 Å². The lowest BCUT2D eigenvalue weighted by Crippen LogP contribution is -2.33. The monoisotopic (exact) mass is 337 g/mol. The van der Waals surface area contributed by atoms with Gasteiger partial charge < -0.3 is 4.42 Å². The number of rotatable bonds is 4. The van der Waals surface area contributed by atoms with Gasteiger partial charge in [0.1, 0.15) is 5.82 Å². The molecule has 2 aromatic rings. The number of hydrogen-bond acceptors (Lipinski definition) is 4. The van der Waals surface area contributed by atoms with Gasteiger partial charge in [0, 0.05) is 29.0 Å². The summed E-state index contributed by atoms with van der Waals surface area (Å²) in [4.78, 5) is 2.22. The van der Waals surface area contributed by atoms with E-state index in [4.69, 9.17) is 16.0 Å². The van der Waals surface area contributed by atoms with Gasteiger partial charge in [-0.3, -0.25) is 4.90 Å². The highest BCUT2D eigenvalue weighted by atomic mass is 35.5. The second-order valence-corrected chi connectivity index (χ2v) is 6.79. The van der Waals surface area contributed by atoms with Crippen molar-refractivity contribution in [2.75, 3.05) is 13.1 Å². The van der Waals surface area contributed by atoms with Crippen LogP contribution in [-0.2, 0) is 6.54 Å². The van der Waals surface area contributed by atoms with Crippen LogP contribution in [0.1, 0.15) is 55.9 Å². The molecule has 0 unspecified atom stereocenters. The Bertz CT molecular complexity index is 645. The third-order valence-corrected chi connectivity index (χ3v) is 4.68. The molecule has 3 rings (SSSR count). The van der Waals surface area contributed by atoms with Gasteiger partial charge in [-0.2, -0.15) is 0 Å². The largest absolute Gasteiger partial charge is 0.425 e. The number of benzene rings is 1. The molecule has 1 fully saturated rings. The van der Waals surface area contributed by atoms with E-state index in [9.17, 15) is 4.39 Å². The first-order chi connectivity index (χ1) is 11.0. The van der Waals surface area contributed by atoms with Gasteiger partial charge >= 0.3 is 0 Å². The summed E-state index contributed by atoms with van der Waals surface area (Å²) in [7, 11) is 0. The summed E-state index contributed by atoms with van der Waals surface area (Å²) < 4.78 is 19.6. The van der Waals surface area contributed by atoms with Crippen molar-refractivity contribution in [1.82, 2.24) is 15.1 Å². The zero-order chi connectivity index (χ0) is 16.4. The molecule has 0 atom stereocenters. The van der Waals surface area contributed by atoms with Crippen molar-refractivity contribution in [2.24, 2.45) is 0 Å². The molecule has 2 heterocycles. The van der Waals surface area contributed by atoms with Crippen LogP contribution in [0.5, 0.6) is 0 Å². The highest BCUT2D eigenvalue weighted by Crippen LogP contribution is 2.30. The summed E-state index contributed by atoms with van der Waals surface area (Å²) >= 11 is 6.11. The van der Waals surface area contributed by atoms with Gasteiger partial charge in [0.25, 0.3) is 0 Å². The number of halogens is 2. The number of nitrogens with zero attached hydrogens (tertiary/aromatic N) is 3. The predicted octanol–water partition coefficient (Wildman–Crippen LogP) is 4.37. The molecule has 0 spiro atoms. The molecule has 0 bridgehead atoms. The van der Waals surface area contributed by atoms with Crippen LogP contribution in [0.25, 0.3) is 0 Å². The molecule has 6 heteroatoms. The van der Waals surface area contributed by atoms with E-state index in [0.717, 1.165) is 31.8 Å². The first kappa shape index (κ1) is 16.4. The molecule has 0 N–H and O–H groups in total. The van der Waals surface area contributed by atoms with Crippen molar-refractivity contribution in [1.29, 1.82) is 0 Å². The second-order valence-electron chi connectivity index (χ2n) is 6.38. The van der Waals surface area contributed by atoms with E-state index in [1.807, 2.05) is 13.8 Å². The van der Waals surface area contributed by atoms with Gasteiger partial charge in [-0.25, -0.2) is 4.39 Å². The van der Waals surface area contributed by atoms with Crippen LogP contribution in [0, 0.1) is 5.82 Å². The minimum Gasteiger partial charge on any atom is -0.425 e. The Balaban J connectivity index is 1.60. The number of aromatic nitrogens is 2. The maximum atomic E-state index is 13.9. The summed E-state index contributed by atoms with van der Waals surface area (Å²) in [5, 5.41) is 8.78. The van der Waals surface area contributed by atoms with Gasteiger partial charge in [-0.15, -0.1) is 10.2 Å². The van der Waals surface area contributed by atoms with Crippen LogP contribution in [0.2, 0.25) is 5.02 Å². The molecule has 0 radical (unpaired) electrons. The molecule has 1 saturated heterocycles. The fourth-order valence-corrected chi connectivity index (χ4v) is 3.11. The van der Waals surface area contributed by atoms with E-state index < -0.39 is 0 Å². The third kappa shape index (κ3) is 3.72. The maximum Gasteiger partial charge on any atom is 0.219 e. The lowest BCUT2D eigenvalue weighted by atomic mass is 9.96. The van der Waals surface area contributed by atoms with Crippen LogP contribution in [-0.4, -0.2) is 28.2 Å². The van der Waals surface area contributed by atoms with Crippen molar-refractivity contribution in [2.45, 2.75) is 45.1 Å². The summed E-state index contributed by atoms with van der Waals surface area (Å²) in [5.74, 6) is 1.73. The van der Waals surface area contributed by atoms with E-state index >= 15 is 0 Å². The Morgan fingerprint density at radius 2 is 2.04 bits per heavy atom. The lowest BCUT2D eigenvalue weighted by molar-refractivity contribution is 0.189. The van der Waals surface area contributed by atoms with Crippen LogP contribution in [0.15, 0.2) is 22.6 Å². The normalized spacial score (nSPS) is 17.1. The quantitative estimate of drug-likeness (QED) is 0.831. The first-order valence-corrected chi connectivity index (χ1v) is 8.41. The second kappa shape index (κ2) is 6.97. The van der Waals surface area contributed by atoms with Crippen molar-refractivity contribution in [3.8, 4) is 0 Å². The Morgan fingerprint density at radius 3 is 2.65 bits per heavy atom. The maximum absolute atomic E-state index is 13.9. The van der Waals surface area contributed by atoms with Gasteiger partial charge in [-0.05, 0) is 38.1 Å². The topological polar surface area (TPSA) is 42.2 Å². The highest BCUT2D eigenvalue weighted by Gasteiger charge is 2.26. The van der Waals surface area contributed by atoms with Crippen molar-refractivity contribution in [3.63, 3.8) is 0 Å². The third-order valence-electron chi connectivity index (χ3n) is 4.33. The summed E-state index contributed by atoms with van der Waals surface area (Å²) in [6.45, 7) is 6.36. The standard InChI is InChI=1S/C17H21ClFN3O/c1-11(2)16-20-21-17(23-16)12-6-8-22(9-7-12)10-13-14(18)4-3-5-15(13)19/h3-5,11-12H,6-10H2,1-2H3. The van der Waals surface area contributed by atoms with Gasteiger partial charge in [0.05, 0.1) is 0 Å². The van der Waals surface area contributed by atoms with Crippen LogP contribution in [0.4, 0.5) is 4.39 Å². The number of likely N-dealkylation sites (tertiary alicyclic amines) is 1. The van der Waals surface area contributed by atoms with E-state index in [2.05, 4.69) is 15.1 Å². The van der Waals surface area contributed by atoms with Gasteiger partial charge in [0.15, 0.2) is 0 Å². The molecule has 1 aliphatic rings. The van der Waals surface area contributed by atoms with E-state index in [-0.39, 0.29) is 11.7 Å². The number of hydrogen-bond donors (Lipinski definition) is 0. The van der Waals surface area contributed by atoms with Gasteiger partial charge in [-0.1, -0.05) is 31.5 Å². The molecule has 1 aromatic heterocycles. The van der Waals surface area contributed by atoms with Gasteiger partial charge in [0.2, 0.25) is 11.8 Å². The fraction of sp³-hybridized carbons (Fsp3) is 0.529. The smallest absolute Gasteiger partial charge is 0.219 e. The Kier molecular flexibility index (Phi) is 4.97. The van der Waals surface area contributed by atoms with E-state index in [1.54, 1.807) is 12.1 Å². The predicted molar refractivity (Wildman–Crippen MR) is 87.0 cm³/mol. The molecule has 1 aliphatic heterocycles. The van der Waals surface area contributed by atoms with Crippen molar-refractivity contribution < 1.29 is 8.81 Å². The zero-order valence-corrected chi connectivity index (χ0v) is 14.2. The van der Waals surface area contributed by atoms with Crippen LogP contribution >= 0.6 is 11.6 Å². The molecular weight excluding hydrogens is 317 g/mol. The molecule has 23 heavy (non-hydrogen) atoms. The summed E-state index contributed by atoms with van der Waals surface area (Å²) in [5.41, 5.74) is 0.576. The molecular formula is C17H21ClFN3O. The van der Waals surface area contributed by atoms with Crippen LogP contribution in [0.3, 0.4) is 0 Å². The summed E-state index contributed by atoms with van der Waals surface area (Å²) in [6, 6.07) is 4.83. The Hall–Kier alpha value is -1.46. The van der Waals surface area contributed by atoms with Crippen molar-refractivity contribution in [3.05, 3.63) is 46.4 Å². The average Bonchev–Trinajstić information content (AvgIpc) is 3.02. The minimum atomic E-state index is -0.238. The van der Waals surface area contributed by atoms with Crippen molar-refractivity contribution >= 4 is 11.6 Å². The lowest BCUT2D eigenvalue weighted by Gasteiger charge is -2.30. The minimum absolute atomic E-state index is 0.238.